The molecule has 3 nitrogen and oxygen atoms in total. The fourth-order valence-corrected chi connectivity index (χ4v) is 3.12. The minimum atomic E-state index is 0.258. The second-order valence-electron chi connectivity index (χ2n) is 5.36. The van der Waals surface area contributed by atoms with Gasteiger partial charge in [0.25, 0.3) is 0 Å². The molecule has 4 heteroatoms. The van der Waals surface area contributed by atoms with Crippen molar-refractivity contribution >= 4 is 11.6 Å². The van der Waals surface area contributed by atoms with Crippen molar-refractivity contribution in [3.63, 3.8) is 0 Å². The minimum absolute atomic E-state index is 0.258. The lowest BCUT2D eigenvalue weighted by Crippen LogP contribution is -2.24. The normalized spacial score (nSPS) is 12.6. The zero-order valence-corrected chi connectivity index (χ0v) is 14.0. The third-order valence-corrected chi connectivity index (χ3v) is 4.35. The highest BCUT2D eigenvalue weighted by Crippen LogP contribution is 2.27. The van der Waals surface area contributed by atoms with Crippen LogP contribution in [0, 0.1) is 6.92 Å². The van der Waals surface area contributed by atoms with Gasteiger partial charge in [-0.15, -0.1) is 0 Å². The summed E-state index contributed by atoms with van der Waals surface area (Å²) in [5.41, 5.74) is 4.71. The lowest BCUT2D eigenvalue weighted by Gasteiger charge is -2.20. The van der Waals surface area contributed by atoms with Crippen LogP contribution in [0.4, 0.5) is 0 Å². The van der Waals surface area contributed by atoms with E-state index in [0.29, 0.717) is 0 Å². The summed E-state index contributed by atoms with van der Waals surface area (Å²) in [7, 11) is 1.97. The highest BCUT2D eigenvalue weighted by atomic mass is 35.5. The van der Waals surface area contributed by atoms with Gasteiger partial charge >= 0.3 is 0 Å². The molecule has 1 atom stereocenters. The summed E-state index contributed by atoms with van der Waals surface area (Å²) >= 11 is 6.49. The van der Waals surface area contributed by atoms with E-state index >= 15 is 0 Å². The van der Waals surface area contributed by atoms with Crippen LogP contribution in [0.3, 0.4) is 0 Å². The number of halogens is 1. The molecule has 1 aromatic heterocycles. The number of hydrogen-bond donors (Lipinski definition) is 1. The molecule has 1 N–H and O–H groups in total. The molecule has 2 rings (SSSR count). The van der Waals surface area contributed by atoms with Crippen LogP contribution in [0.1, 0.15) is 42.4 Å². The van der Waals surface area contributed by atoms with E-state index < -0.39 is 0 Å². The fourth-order valence-electron chi connectivity index (χ4n) is 2.75. The van der Waals surface area contributed by atoms with Crippen molar-refractivity contribution < 1.29 is 0 Å². The molecule has 0 amide bonds. The van der Waals surface area contributed by atoms with E-state index in [1.165, 1.54) is 11.1 Å². The topological polar surface area (TPSA) is 29.9 Å². The number of rotatable bonds is 6. The smallest absolute Gasteiger partial charge is 0.0850 e. The molecule has 0 aliphatic heterocycles. The summed E-state index contributed by atoms with van der Waals surface area (Å²) in [6.07, 6.45) is 1.71. The van der Waals surface area contributed by atoms with E-state index in [1.807, 2.05) is 11.7 Å². The zero-order chi connectivity index (χ0) is 15.4. The first-order valence-electron chi connectivity index (χ1n) is 7.57. The molecule has 0 saturated heterocycles. The fraction of sp³-hybridized carbons (Fsp3) is 0.471. The highest BCUT2D eigenvalue weighted by molar-refractivity contribution is 6.31. The molecule has 21 heavy (non-hydrogen) atoms. The zero-order valence-electron chi connectivity index (χ0n) is 13.3. The largest absolute Gasteiger partial charge is 0.310 e. The van der Waals surface area contributed by atoms with E-state index in [0.717, 1.165) is 35.8 Å². The summed E-state index contributed by atoms with van der Waals surface area (Å²) in [5, 5.41) is 8.90. The molecule has 1 aromatic carbocycles. The standard InChI is InChI=1S/C17H24ClN3/c1-5-14-17(18)16(21(4)20-14)11-15(19-6-2)13-10-8-7-9-12(13)3/h7-10,15,19H,5-6,11H2,1-4H3. The summed E-state index contributed by atoms with van der Waals surface area (Å²) in [6.45, 7) is 7.30. The van der Waals surface area contributed by atoms with E-state index in [4.69, 9.17) is 11.6 Å². The molecule has 0 aliphatic carbocycles. The minimum Gasteiger partial charge on any atom is -0.310 e. The van der Waals surface area contributed by atoms with Gasteiger partial charge in [-0.3, -0.25) is 4.68 Å². The molecule has 0 saturated carbocycles. The van der Waals surface area contributed by atoms with Gasteiger partial charge in [0, 0.05) is 19.5 Å². The number of hydrogen-bond acceptors (Lipinski definition) is 2. The molecule has 0 spiro atoms. The number of aromatic nitrogens is 2. The number of aryl methyl sites for hydroxylation is 3. The maximum Gasteiger partial charge on any atom is 0.0850 e. The molecule has 0 bridgehead atoms. The Labute approximate surface area is 132 Å². The number of likely N-dealkylation sites (N-methyl/N-ethyl adjacent to an activating group) is 1. The Morgan fingerprint density at radius 2 is 2.00 bits per heavy atom. The van der Waals surface area contributed by atoms with E-state index in [-0.39, 0.29) is 6.04 Å². The van der Waals surface area contributed by atoms with Crippen molar-refractivity contribution in [2.75, 3.05) is 6.54 Å². The first-order valence-corrected chi connectivity index (χ1v) is 7.95. The van der Waals surface area contributed by atoms with Gasteiger partial charge < -0.3 is 5.32 Å². The second kappa shape index (κ2) is 7.10. The van der Waals surface area contributed by atoms with Crippen molar-refractivity contribution in [2.24, 2.45) is 7.05 Å². The van der Waals surface area contributed by atoms with Crippen molar-refractivity contribution in [2.45, 2.75) is 39.7 Å². The lowest BCUT2D eigenvalue weighted by molar-refractivity contribution is 0.526. The van der Waals surface area contributed by atoms with Crippen molar-refractivity contribution in [1.29, 1.82) is 0 Å². The van der Waals surface area contributed by atoms with Crippen molar-refractivity contribution in [1.82, 2.24) is 15.1 Å². The summed E-state index contributed by atoms with van der Waals surface area (Å²) in [5.74, 6) is 0. The third-order valence-electron chi connectivity index (χ3n) is 3.91. The molecule has 2 aromatic rings. The van der Waals surface area contributed by atoms with Crippen LogP contribution in [-0.4, -0.2) is 16.3 Å². The van der Waals surface area contributed by atoms with Crippen LogP contribution >= 0.6 is 11.6 Å². The Morgan fingerprint density at radius 3 is 2.57 bits per heavy atom. The van der Waals surface area contributed by atoms with Gasteiger partial charge in [-0.1, -0.05) is 49.7 Å². The number of nitrogens with zero attached hydrogens (tertiary/aromatic N) is 2. The Kier molecular flexibility index (Phi) is 5.43. The van der Waals surface area contributed by atoms with Gasteiger partial charge in [0.1, 0.15) is 0 Å². The van der Waals surface area contributed by atoms with Crippen LogP contribution in [0.15, 0.2) is 24.3 Å². The quantitative estimate of drug-likeness (QED) is 0.879. The summed E-state index contributed by atoms with van der Waals surface area (Å²) < 4.78 is 1.92. The summed E-state index contributed by atoms with van der Waals surface area (Å²) in [6, 6.07) is 8.77. The van der Waals surface area contributed by atoms with Crippen LogP contribution in [0.2, 0.25) is 5.02 Å². The molecular weight excluding hydrogens is 282 g/mol. The number of benzene rings is 1. The van der Waals surface area contributed by atoms with Gasteiger partial charge in [0.15, 0.2) is 0 Å². The molecule has 0 aliphatic rings. The molecular formula is C17H24ClN3. The first-order chi connectivity index (χ1) is 10.1. The van der Waals surface area contributed by atoms with Gasteiger partial charge in [0.05, 0.1) is 16.4 Å². The van der Waals surface area contributed by atoms with Crippen LogP contribution in [0.5, 0.6) is 0 Å². The number of nitrogens with one attached hydrogen (secondary N) is 1. The van der Waals surface area contributed by atoms with Crippen LogP contribution in [0.25, 0.3) is 0 Å². The van der Waals surface area contributed by atoms with E-state index in [9.17, 15) is 0 Å². The highest BCUT2D eigenvalue weighted by Gasteiger charge is 2.19. The third kappa shape index (κ3) is 3.47. The molecule has 114 valence electrons. The second-order valence-corrected chi connectivity index (χ2v) is 5.73. The van der Waals surface area contributed by atoms with E-state index in [1.54, 1.807) is 0 Å². The molecule has 1 heterocycles. The maximum atomic E-state index is 6.49. The average Bonchev–Trinajstić information content (AvgIpc) is 2.74. The molecule has 0 radical (unpaired) electrons. The monoisotopic (exact) mass is 305 g/mol. The maximum absolute atomic E-state index is 6.49. The van der Waals surface area contributed by atoms with Gasteiger partial charge in [-0.25, -0.2) is 0 Å². The van der Waals surface area contributed by atoms with Crippen molar-refractivity contribution in [3.05, 3.63) is 51.8 Å². The van der Waals surface area contributed by atoms with Gasteiger partial charge in [-0.05, 0) is 31.0 Å². The lowest BCUT2D eigenvalue weighted by atomic mass is 9.97. The van der Waals surface area contributed by atoms with Crippen LogP contribution in [-0.2, 0) is 19.9 Å². The van der Waals surface area contributed by atoms with Crippen molar-refractivity contribution in [3.8, 4) is 0 Å². The Bertz CT molecular complexity index is 604. The Morgan fingerprint density at radius 1 is 1.29 bits per heavy atom. The van der Waals surface area contributed by atoms with Gasteiger partial charge in [0.2, 0.25) is 0 Å². The van der Waals surface area contributed by atoms with E-state index in [2.05, 4.69) is 55.5 Å². The Hall–Kier alpha value is -1.32. The van der Waals surface area contributed by atoms with Gasteiger partial charge in [-0.2, -0.15) is 5.10 Å². The van der Waals surface area contributed by atoms with Crippen LogP contribution < -0.4 is 5.32 Å². The molecule has 0 fully saturated rings. The SMILES string of the molecule is CCNC(Cc1c(Cl)c(CC)nn1C)c1ccccc1C. The average molecular weight is 306 g/mol. The Balaban J connectivity index is 2.33. The summed E-state index contributed by atoms with van der Waals surface area (Å²) in [4.78, 5) is 0. The first kappa shape index (κ1) is 16.1. The predicted molar refractivity (Wildman–Crippen MR) is 88.9 cm³/mol. The molecule has 1 unspecified atom stereocenters. The predicted octanol–water partition coefficient (Wildman–Crippen LogP) is 3.84.